The molecule has 1 aliphatic carbocycles. The molecule has 2 rings (SSSR count). The SMILES string of the molecule is CC1(C)CCCC1c1cc(C(=O)O)ccc1O. The summed E-state index contributed by atoms with van der Waals surface area (Å²) in [7, 11) is 0. The highest BCUT2D eigenvalue weighted by atomic mass is 16.4. The molecule has 0 aliphatic heterocycles. The quantitative estimate of drug-likeness (QED) is 0.824. The van der Waals surface area contributed by atoms with Crippen molar-refractivity contribution in [2.75, 3.05) is 0 Å². The van der Waals surface area contributed by atoms with Crippen LogP contribution in [0, 0.1) is 5.41 Å². The van der Waals surface area contributed by atoms with Crippen LogP contribution in [0.5, 0.6) is 5.75 Å². The maximum Gasteiger partial charge on any atom is 0.335 e. The van der Waals surface area contributed by atoms with Gasteiger partial charge in [0.2, 0.25) is 0 Å². The molecule has 1 unspecified atom stereocenters. The second-order valence-electron chi connectivity index (χ2n) is 5.51. The van der Waals surface area contributed by atoms with Gasteiger partial charge in [-0.25, -0.2) is 4.79 Å². The van der Waals surface area contributed by atoms with E-state index >= 15 is 0 Å². The summed E-state index contributed by atoms with van der Waals surface area (Å²) in [6.07, 6.45) is 3.27. The molecule has 0 saturated heterocycles. The third-order valence-electron chi connectivity index (χ3n) is 3.91. The molecule has 3 nitrogen and oxygen atoms in total. The van der Waals surface area contributed by atoms with Crippen molar-refractivity contribution >= 4 is 5.97 Å². The first kappa shape index (κ1) is 12.0. The molecule has 1 saturated carbocycles. The van der Waals surface area contributed by atoms with Gasteiger partial charge in [0.25, 0.3) is 0 Å². The van der Waals surface area contributed by atoms with Gasteiger partial charge in [-0.15, -0.1) is 0 Å². The summed E-state index contributed by atoms with van der Waals surface area (Å²) in [5.41, 5.74) is 1.17. The van der Waals surface area contributed by atoms with Gasteiger partial charge < -0.3 is 10.2 Å². The van der Waals surface area contributed by atoms with Crippen LogP contribution < -0.4 is 0 Å². The number of carbonyl (C=O) groups is 1. The number of aromatic carboxylic acids is 1. The first-order chi connectivity index (χ1) is 7.92. The number of phenolic OH excluding ortho intramolecular Hbond substituents is 1. The zero-order valence-corrected chi connectivity index (χ0v) is 10.2. The summed E-state index contributed by atoms with van der Waals surface area (Å²) in [5.74, 6) is -0.473. The van der Waals surface area contributed by atoms with Crippen LogP contribution >= 0.6 is 0 Å². The second-order valence-corrected chi connectivity index (χ2v) is 5.51. The molecule has 1 fully saturated rings. The maximum absolute atomic E-state index is 11.0. The molecule has 2 N–H and O–H groups in total. The molecule has 1 aromatic carbocycles. The number of aromatic hydroxyl groups is 1. The fraction of sp³-hybridized carbons (Fsp3) is 0.500. The van der Waals surface area contributed by atoms with Gasteiger partial charge >= 0.3 is 5.97 Å². The lowest BCUT2D eigenvalue weighted by Crippen LogP contribution is -2.16. The molecule has 0 spiro atoms. The Labute approximate surface area is 101 Å². The van der Waals surface area contributed by atoms with Gasteiger partial charge in [0.1, 0.15) is 5.75 Å². The van der Waals surface area contributed by atoms with Crippen molar-refractivity contribution in [2.24, 2.45) is 5.41 Å². The molecule has 3 heteroatoms. The third kappa shape index (κ3) is 2.14. The largest absolute Gasteiger partial charge is 0.508 e. The lowest BCUT2D eigenvalue weighted by atomic mass is 9.77. The van der Waals surface area contributed by atoms with Gasteiger partial charge in [-0.1, -0.05) is 20.3 Å². The number of rotatable bonds is 2. The Hall–Kier alpha value is -1.51. The van der Waals surface area contributed by atoms with E-state index in [2.05, 4.69) is 13.8 Å². The highest BCUT2D eigenvalue weighted by Crippen LogP contribution is 2.50. The lowest BCUT2D eigenvalue weighted by Gasteiger charge is -2.28. The molecular formula is C14H18O3. The standard InChI is InChI=1S/C14H18O3/c1-14(2)7-3-4-11(14)10-8-9(13(16)17)5-6-12(10)15/h5-6,8,11,15H,3-4,7H2,1-2H3,(H,16,17). The fourth-order valence-corrected chi connectivity index (χ4v) is 2.87. The first-order valence-corrected chi connectivity index (χ1v) is 5.98. The zero-order valence-electron chi connectivity index (χ0n) is 10.2. The topological polar surface area (TPSA) is 57.5 Å². The Kier molecular flexibility index (Phi) is 2.86. The van der Waals surface area contributed by atoms with Gasteiger partial charge in [0.15, 0.2) is 0 Å². The summed E-state index contributed by atoms with van der Waals surface area (Å²) in [6.45, 7) is 4.36. The van der Waals surface area contributed by atoms with Crippen LogP contribution in [-0.2, 0) is 0 Å². The molecule has 92 valence electrons. The minimum Gasteiger partial charge on any atom is -0.508 e. The average molecular weight is 234 g/mol. The fourth-order valence-electron chi connectivity index (χ4n) is 2.87. The highest BCUT2D eigenvalue weighted by molar-refractivity contribution is 5.88. The number of hydrogen-bond acceptors (Lipinski definition) is 2. The predicted octanol–water partition coefficient (Wildman–Crippen LogP) is 3.38. The van der Waals surface area contributed by atoms with Gasteiger partial charge in [-0.2, -0.15) is 0 Å². The van der Waals surface area contributed by atoms with Crippen LogP contribution in [-0.4, -0.2) is 16.2 Å². The number of hydrogen-bond donors (Lipinski definition) is 2. The van der Waals surface area contributed by atoms with E-state index in [0.717, 1.165) is 24.8 Å². The van der Waals surface area contributed by atoms with Crippen molar-refractivity contribution < 1.29 is 15.0 Å². The van der Waals surface area contributed by atoms with E-state index in [-0.39, 0.29) is 22.6 Å². The van der Waals surface area contributed by atoms with Crippen LogP contribution in [0.15, 0.2) is 18.2 Å². The number of phenols is 1. The summed E-state index contributed by atoms with van der Waals surface area (Å²) >= 11 is 0. The maximum atomic E-state index is 11.0. The summed E-state index contributed by atoms with van der Waals surface area (Å²) in [6, 6.07) is 4.56. The van der Waals surface area contributed by atoms with E-state index in [1.807, 2.05) is 0 Å². The second kappa shape index (κ2) is 4.06. The molecule has 0 heterocycles. The zero-order chi connectivity index (χ0) is 12.6. The molecule has 1 aromatic rings. The minimum atomic E-state index is -0.943. The van der Waals surface area contributed by atoms with E-state index in [1.165, 1.54) is 12.1 Å². The Balaban J connectivity index is 2.44. The van der Waals surface area contributed by atoms with Gasteiger partial charge in [-0.3, -0.25) is 0 Å². The normalized spacial score (nSPS) is 22.6. The predicted molar refractivity (Wildman–Crippen MR) is 65.4 cm³/mol. The van der Waals surface area contributed by atoms with Crippen LogP contribution in [0.1, 0.15) is 54.9 Å². The van der Waals surface area contributed by atoms with E-state index in [9.17, 15) is 9.90 Å². The van der Waals surface area contributed by atoms with Gasteiger partial charge in [0, 0.05) is 0 Å². The van der Waals surface area contributed by atoms with E-state index in [0.29, 0.717) is 0 Å². The monoisotopic (exact) mass is 234 g/mol. The summed E-state index contributed by atoms with van der Waals surface area (Å²) in [5, 5.41) is 18.9. The van der Waals surface area contributed by atoms with Crippen LogP contribution in [0.4, 0.5) is 0 Å². The average Bonchev–Trinajstić information content (AvgIpc) is 2.58. The van der Waals surface area contributed by atoms with E-state index in [4.69, 9.17) is 5.11 Å². The Morgan fingerprint density at radius 2 is 2.12 bits per heavy atom. The molecule has 1 aliphatic rings. The summed E-state index contributed by atoms with van der Waals surface area (Å²) < 4.78 is 0. The van der Waals surface area contributed by atoms with Gasteiger partial charge in [0.05, 0.1) is 5.56 Å². The smallest absolute Gasteiger partial charge is 0.335 e. The van der Waals surface area contributed by atoms with Crippen molar-refractivity contribution in [3.63, 3.8) is 0 Å². The molecule has 17 heavy (non-hydrogen) atoms. The number of carboxylic acids is 1. The molecule has 0 aromatic heterocycles. The third-order valence-corrected chi connectivity index (χ3v) is 3.91. The Morgan fingerprint density at radius 1 is 1.41 bits per heavy atom. The Bertz CT molecular complexity index is 449. The summed E-state index contributed by atoms with van der Waals surface area (Å²) in [4.78, 5) is 11.0. The van der Waals surface area contributed by atoms with Crippen molar-refractivity contribution in [3.05, 3.63) is 29.3 Å². The molecular weight excluding hydrogens is 216 g/mol. The molecule has 1 atom stereocenters. The van der Waals surface area contributed by atoms with Crippen molar-refractivity contribution in [3.8, 4) is 5.75 Å². The van der Waals surface area contributed by atoms with Crippen molar-refractivity contribution in [1.29, 1.82) is 0 Å². The minimum absolute atomic E-state index is 0.134. The van der Waals surface area contributed by atoms with Crippen molar-refractivity contribution in [1.82, 2.24) is 0 Å². The van der Waals surface area contributed by atoms with Crippen LogP contribution in [0.25, 0.3) is 0 Å². The van der Waals surface area contributed by atoms with Crippen LogP contribution in [0.3, 0.4) is 0 Å². The number of benzene rings is 1. The van der Waals surface area contributed by atoms with Gasteiger partial charge in [-0.05, 0) is 47.9 Å². The lowest BCUT2D eigenvalue weighted by molar-refractivity contribution is 0.0696. The van der Waals surface area contributed by atoms with E-state index in [1.54, 1.807) is 6.07 Å². The molecule has 0 bridgehead atoms. The Morgan fingerprint density at radius 3 is 2.65 bits per heavy atom. The van der Waals surface area contributed by atoms with Crippen molar-refractivity contribution in [2.45, 2.75) is 39.0 Å². The first-order valence-electron chi connectivity index (χ1n) is 5.98. The number of carboxylic acid groups (broad SMARTS) is 1. The highest BCUT2D eigenvalue weighted by Gasteiger charge is 2.36. The molecule has 0 amide bonds. The van der Waals surface area contributed by atoms with Crippen LogP contribution in [0.2, 0.25) is 0 Å². The molecule has 0 radical (unpaired) electrons. The van der Waals surface area contributed by atoms with E-state index < -0.39 is 5.97 Å².